The van der Waals surface area contributed by atoms with E-state index in [2.05, 4.69) is 10.3 Å². The van der Waals surface area contributed by atoms with E-state index in [4.69, 9.17) is 0 Å². The Labute approximate surface area is 140 Å². The number of carbonyl (C=O) groups is 2. The van der Waals surface area contributed by atoms with E-state index in [0.717, 1.165) is 16.8 Å². The van der Waals surface area contributed by atoms with Crippen LogP contribution >= 0.6 is 0 Å². The summed E-state index contributed by atoms with van der Waals surface area (Å²) in [4.78, 5) is 27.5. The number of pyridine rings is 1. The second-order valence-corrected chi connectivity index (χ2v) is 5.40. The molecule has 0 unspecified atom stereocenters. The van der Waals surface area contributed by atoms with Crippen molar-refractivity contribution in [1.82, 2.24) is 4.98 Å². The lowest BCUT2D eigenvalue weighted by Crippen LogP contribution is -2.05. The quantitative estimate of drug-likeness (QED) is 0.742. The van der Waals surface area contributed by atoms with Crippen molar-refractivity contribution >= 4 is 17.4 Å². The van der Waals surface area contributed by atoms with E-state index in [9.17, 15) is 9.59 Å². The maximum Gasteiger partial charge on any atom is 0.221 e. The van der Waals surface area contributed by atoms with Crippen molar-refractivity contribution in [2.45, 2.75) is 6.92 Å². The molecule has 4 heteroatoms. The largest absolute Gasteiger partial charge is 0.326 e. The zero-order valence-electron chi connectivity index (χ0n) is 13.2. The van der Waals surface area contributed by atoms with E-state index < -0.39 is 0 Å². The van der Waals surface area contributed by atoms with Crippen LogP contribution in [0.3, 0.4) is 0 Å². The summed E-state index contributed by atoms with van der Waals surface area (Å²) >= 11 is 0. The number of hydrogen-bond donors (Lipinski definition) is 1. The maximum atomic E-state index is 12.4. The van der Waals surface area contributed by atoms with Crippen LogP contribution in [0.5, 0.6) is 0 Å². The molecular weight excluding hydrogens is 300 g/mol. The Bertz CT molecular complexity index is 872. The lowest BCUT2D eigenvalue weighted by Gasteiger charge is -2.07. The number of nitrogens with one attached hydrogen (secondary N) is 1. The molecule has 0 aliphatic carbocycles. The molecule has 2 aromatic carbocycles. The number of hydrogen-bond acceptors (Lipinski definition) is 3. The third kappa shape index (κ3) is 3.55. The van der Waals surface area contributed by atoms with Gasteiger partial charge in [-0.2, -0.15) is 0 Å². The van der Waals surface area contributed by atoms with Gasteiger partial charge in [0.2, 0.25) is 5.91 Å². The summed E-state index contributed by atoms with van der Waals surface area (Å²) in [5.74, 6) is -0.138. The Morgan fingerprint density at radius 2 is 1.50 bits per heavy atom. The molecule has 0 atom stereocenters. The van der Waals surface area contributed by atoms with Crippen LogP contribution in [-0.4, -0.2) is 16.7 Å². The van der Waals surface area contributed by atoms with Crippen molar-refractivity contribution in [1.29, 1.82) is 0 Å². The second-order valence-electron chi connectivity index (χ2n) is 5.40. The van der Waals surface area contributed by atoms with Crippen LogP contribution < -0.4 is 5.32 Å². The smallest absolute Gasteiger partial charge is 0.221 e. The van der Waals surface area contributed by atoms with Crippen molar-refractivity contribution in [2.75, 3.05) is 5.32 Å². The standard InChI is InChI=1S/C20H16N2O2/c1-14(23)22-19-4-2-3-18(13-19)15-5-7-16(8-6-15)20(24)17-9-11-21-12-10-17/h2-13H,1H3,(H,22,23). The topological polar surface area (TPSA) is 59.1 Å². The third-order valence-corrected chi connectivity index (χ3v) is 3.61. The third-order valence-electron chi connectivity index (χ3n) is 3.61. The van der Waals surface area contributed by atoms with Crippen LogP contribution in [0.15, 0.2) is 73.1 Å². The normalized spacial score (nSPS) is 10.2. The number of nitrogens with zero attached hydrogens (tertiary/aromatic N) is 1. The molecule has 3 aromatic rings. The van der Waals surface area contributed by atoms with Gasteiger partial charge in [-0.1, -0.05) is 36.4 Å². The number of ketones is 1. The Balaban J connectivity index is 1.85. The molecule has 0 saturated carbocycles. The predicted octanol–water partition coefficient (Wildman–Crippen LogP) is 3.94. The number of amides is 1. The van der Waals surface area contributed by atoms with Gasteiger partial charge >= 0.3 is 0 Å². The molecule has 0 radical (unpaired) electrons. The highest BCUT2D eigenvalue weighted by molar-refractivity contribution is 6.09. The molecule has 0 fully saturated rings. The van der Waals surface area contributed by atoms with Gasteiger partial charge in [0.15, 0.2) is 5.78 Å². The Morgan fingerprint density at radius 3 is 2.17 bits per heavy atom. The molecule has 1 N–H and O–H groups in total. The predicted molar refractivity (Wildman–Crippen MR) is 93.9 cm³/mol. The van der Waals surface area contributed by atoms with Crippen LogP contribution in [-0.2, 0) is 4.79 Å². The van der Waals surface area contributed by atoms with E-state index in [-0.39, 0.29) is 11.7 Å². The van der Waals surface area contributed by atoms with Crippen LogP contribution in [0.2, 0.25) is 0 Å². The van der Waals surface area contributed by atoms with Crippen LogP contribution in [0.4, 0.5) is 5.69 Å². The van der Waals surface area contributed by atoms with E-state index in [0.29, 0.717) is 11.1 Å². The van der Waals surface area contributed by atoms with Gasteiger partial charge in [-0.3, -0.25) is 14.6 Å². The van der Waals surface area contributed by atoms with Crippen molar-refractivity contribution in [3.63, 3.8) is 0 Å². The lowest BCUT2D eigenvalue weighted by molar-refractivity contribution is -0.114. The molecule has 1 heterocycles. The Hall–Kier alpha value is -3.27. The van der Waals surface area contributed by atoms with Crippen molar-refractivity contribution in [3.8, 4) is 11.1 Å². The average Bonchev–Trinajstić information content (AvgIpc) is 2.62. The summed E-state index contributed by atoms with van der Waals surface area (Å²) in [7, 11) is 0. The average molecular weight is 316 g/mol. The number of aromatic nitrogens is 1. The van der Waals surface area contributed by atoms with Crippen LogP contribution in [0.25, 0.3) is 11.1 Å². The fraction of sp³-hybridized carbons (Fsp3) is 0.0500. The van der Waals surface area contributed by atoms with Gasteiger partial charge in [-0.05, 0) is 35.4 Å². The Kier molecular flexibility index (Phi) is 4.47. The van der Waals surface area contributed by atoms with Gasteiger partial charge in [-0.25, -0.2) is 0 Å². The number of anilines is 1. The first-order valence-electron chi connectivity index (χ1n) is 7.56. The van der Waals surface area contributed by atoms with Crippen molar-refractivity contribution in [2.24, 2.45) is 0 Å². The highest BCUT2D eigenvalue weighted by atomic mass is 16.1. The lowest BCUT2D eigenvalue weighted by atomic mass is 9.99. The van der Waals surface area contributed by atoms with Crippen LogP contribution in [0.1, 0.15) is 22.8 Å². The van der Waals surface area contributed by atoms with E-state index in [1.807, 2.05) is 48.5 Å². The fourth-order valence-corrected chi connectivity index (χ4v) is 2.46. The first kappa shape index (κ1) is 15.6. The molecule has 0 aliphatic rings. The van der Waals surface area contributed by atoms with Crippen molar-refractivity contribution < 1.29 is 9.59 Å². The molecule has 1 amide bonds. The first-order chi connectivity index (χ1) is 11.6. The number of carbonyl (C=O) groups excluding carboxylic acids is 2. The minimum Gasteiger partial charge on any atom is -0.326 e. The van der Waals surface area contributed by atoms with Gasteiger partial charge in [0, 0.05) is 36.1 Å². The molecular formula is C20H16N2O2. The van der Waals surface area contributed by atoms with Gasteiger partial charge in [0.1, 0.15) is 0 Å². The zero-order chi connectivity index (χ0) is 16.9. The van der Waals surface area contributed by atoms with E-state index in [1.165, 1.54) is 6.92 Å². The fourth-order valence-electron chi connectivity index (χ4n) is 2.46. The summed E-state index contributed by atoms with van der Waals surface area (Å²) in [6.07, 6.45) is 3.21. The molecule has 4 nitrogen and oxygen atoms in total. The summed E-state index contributed by atoms with van der Waals surface area (Å²) in [5, 5.41) is 2.77. The number of rotatable bonds is 4. The summed E-state index contributed by atoms with van der Waals surface area (Å²) < 4.78 is 0. The van der Waals surface area contributed by atoms with E-state index >= 15 is 0 Å². The second kappa shape index (κ2) is 6.87. The molecule has 0 aliphatic heterocycles. The van der Waals surface area contributed by atoms with Gasteiger partial charge in [0.05, 0.1) is 0 Å². The van der Waals surface area contributed by atoms with Gasteiger partial charge < -0.3 is 5.32 Å². The SMILES string of the molecule is CC(=O)Nc1cccc(-c2ccc(C(=O)c3ccncc3)cc2)c1. The highest BCUT2D eigenvalue weighted by Gasteiger charge is 2.09. The van der Waals surface area contributed by atoms with E-state index in [1.54, 1.807) is 24.5 Å². The van der Waals surface area contributed by atoms with Gasteiger partial charge in [-0.15, -0.1) is 0 Å². The molecule has 1 aromatic heterocycles. The minimum atomic E-state index is -0.106. The molecule has 0 saturated heterocycles. The monoisotopic (exact) mass is 316 g/mol. The first-order valence-corrected chi connectivity index (χ1v) is 7.56. The molecule has 118 valence electrons. The van der Waals surface area contributed by atoms with Crippen molar-refractivity contribution in [3.05, 3.63) is 84.2 Å². The number of benzene rings is 2. The zero-order valence-corrected chi connectivity index (χ0v) is 13.2. The highest BCUT2D eigenvalue weighted by Crippen LogP contribution is 2.23. The molecule has 3 rings (SSSR count). The molecule has 0 bridgehead atoms. The van der Waals surface area contributed by atoms with Gasteiger partial charge in [0.25, 0.3) is 0 Å². The maximum absolute atomic E-state index is 12.4. The molecule has 24 heavy (non-hydrogen) atoms. The van der Waals surface area contributed by atoms with Crippen LogP contribution in [0, 0.1) is 0 Å². The minimum absolute atomic E-state index is 0.0315. The summed E-state index contributed by atoms with van der Waals surface area (Å²) in [6.45, 7) is 1.48. The molecule has 0 spiro atoms. The summed E-state index contributed by atoms with van der Waals surface area (Å²) in [5.41, 5.74) is 3.95. The summed E-state index contributed by atoms with van der Waals surface area (Å²) in [6, 6.07) is 18.4. The Morgan fingerprint density at radius 1 is 0.833 bits per heavy atom.